The summed E-state index contributed by atoms with van der Waals surface area (Å²) in [5, 5.41) is 0. The summed E-state index contributed by atoms with van der Waals surface area (Å²) in [6.07, 6.45) is 3.72. The molecule has 0 aromatic carbocycles. The van der Waals surface area contributed by atoms with E-state index in [-0.39, 0.29) is 5.41 Å². The summed E-state index contributed by atoms with van der Waals surface area (Å²) in [7, 11) is 0. The molecule has 0 heterocycles. The highest BCUT2D eigenvalue weighted by atomic mass is 14.6. The van der Waals surface area contributed by atoms with E-state index >= 15 is 0 Å². The summed E-state index contributed by atoms with van der Waals surface area (Å²) in [6, 6.07) is 0. The van der Waals surface area contributed by atoms with E-state index in [1.807, 2.05) is 0 Å². The summed E-state index contributed by atoms with van der Waals surface area (Å²) < 4.78 is 0. The van der Waals surface area contributed by atoms with Gasteiger partial charge in [0.05, 0.1) is 0 Å². The lowest BCUT2D eigenvalue weighted by molar-refractivity contribution is 0.331. The van der Waals surface area contributed by atoms with E-state index in [4.69, 9.17) is 5.73 Å². The molecule has 0 rings (SSSR count). The zero-order valence-electron chi connectivity index (χ0n) is 6.83. The van der Waals surface area contributed by atoms with Crippen LogP contribution in [0.5, 0.6) is 0 Å². The summed E-state index contributed by atoms with van der Waals surface area (Å²) in [6.45, 7) is 7.08. The zero-order valence-corrected chi connectivity index (χ0v) is 6.83. The SMILES string of the molecule is CCCCC(C)(C)C[NH]. The van der Waals surface area contributed by atoms with Crippen LogP contribution in [0.2, 0.25) is 0 Å². The molecule has 0 amide bonds. The molecule has 0 saturated carbocycles. The van der Waals surface area contributed by atoms with Crippen molar-refractivity contribution >= 4 is 0 Å². The standard InChI is InChI=1S/C8H18N/c1-4-5-6-8(2,3)7-9/h9H,4-7H2,1-3H3. The Hall–Kier alpha value is -0.0400. The van der Waals surface area contributed by atoms with E-state index in [2.05, 4.69) is 20.8 Å². The fourth-order valence-corrected chi connectivity index (χ4v) is 0.744. The number of rotatable bonds is 4. The van der Waals surface area contributed by atoms with Gasteiger partial charge in [-0.25, -0.2) is 0 Å². The molecule has 0 atom stereocenters. The highest BCUT2D eigenvalue weighted by Crippen LogP contribution is 2.21. The van der Waals surface area contributed by atoms with Gasteiger partial charge in [0.25, 0.3) is 0 Å². The molecule has 0 fully saturated rings. The van der Waals surface area contributed by atoms with Gasteiger partial charge in [-0.1, -0.05) is 33.6 Å². The minimum atomic E-state index is 0.260. The highest BCUT2D eigenvalue weighted by Gasteiger charge is 2.13. The van der Waals surface area contributed by atoms with Crippen LogP contribution in [0.25, 0.3) is 0 Å². The molecule has 1 heteroatoms. The van der Waals surface area contributed by atoms with Crippen LogP contribution in [0, 0.1) is 5.41 Å². The number of hydrogen-bond acceptors (Lipinski definition) is 0. The largest absolute Gasteiger partial charge is 0.257 e. The predicted octanol–water partition coefficient (Wildman–Crippen LogP) is 2.49. The molecule has 1 nitrogen and oxygen atoms in total. The van der Waals surface area contributed by atoms with E-state index in [0.29, 0.717) is 6.54 Å². The average molecular weight is 128 g/mol. The minimum absolute atomic E-state index is 0.260. The number of nitrogens with one attached hydrogen (secondary N) is 1. The molecule has 0 unspecified atom stereocenters. The van der Waals surface area contributed by atoms with Gasteiger partial charge in [-0.2, -0.15) is 0 Å². The number of unbranched alkanes of at least 4 members (excludes halogenated alkanes) is 1. The van der Waals surface area contributed by atoms with E-state index in [1.54, 1.807) is 0 Å². The van der Waals surface area contributed by atoms with Gasteiger partial charge in [0.2, 0.25) is 0 Å². The smallest absolute Gasteiger partial charge is 0.0151 e. The maximum absolute atomic E-state index is 7.18. The number of hydrogen-bond donors (Lipinski definition) is 0. The van der Waals surface area contributed by atoms with Crippen molar-refractivity contribution in [1.82, 2.24) is 5.73 Å². The normalized spacial score (nSPS) is 12.0. The van der Waals surface area contributed by atoms with Crippen LogP contribution < -0.4 is 5.73 Å². The highest BCUT2D eigenvalue weighted by molar-refractivity contribution is 4.67. The van der Waals surface area contributed by atoms with Crippen LogP contribution in [0.1, 0.15) is 40.0 Å². The predicted molar refractivity (Wildman–Crippen MR) is 41.3 cm³/mol. The Labute approximate surface area is 58.6 Å². The summed E-state index contributed by atoms with van der Waals surface area (Å²) >= 11 is 0. The summed E-state index contributed by atoms with van der Waals surface area (Å²) in [5.74, 6) is 0. The molecule has 0 aliphatic heterocycles. The van der Waals surface area contributed by atoms with Crippen LogP contribution in [0.15, 0.2) is 0 Å². The molecule has 0 aliphatic rings. The fraction of sp³-hybridized carbons (Fsp3) is 1.00. The van der Waals surface area contributed by atoms with Crippen molar-refractivity contribution in [3.8, 4) is 0 Å². The van der Waals surface area contributed by atoms with Gasteiger partial charge < -0.3 is 0 Å². The van der Waals surface area contributed by atoms with Crippen LogP contribution in [0.4, 0.5) is 0 Å². The lowest BCUT2D eigenvalue weighted by Gasteiger charge is -2.20. The van der Waals surface area contributed by atoms with Crippen LogP contribution in [-0.2, 0) is 0 Å². The Morgan fingerprint density at radius 3 is 2.22 bits per heavy atom. The van der Waals surface area contributed by atoms with E-state index in [1.165, 1.54) is 19.3 Å². The second-order valence-electron chi connectivity index (χ2n) is 3.44. The zero-order chi connectivity index (χ0) is 7.33. The minimum Gasteiger partial charge on any atom is -0.257 e. The molecule has 1 radical (unpaired) electrons. The second kappa shape index (κ2) is 3.89. The Bertz CT molecular complexity index is 67.0. The van der Waals surface area contributed by atoms with Crippen molar-refractivity contribution in [1.29, 1.82) is 0 Å². The van der Waals surface area contributed by atoms with Gasteiger partial charge in [-0.3, -0.25) is 5.73 Å². The van der Waals surface area contributed by atoms with Gasteiger partial charge in [0.15, 0.2) is 0 Å². The quantitative estimate of drug-likeness (QED) is 0.555. The van der Waals surface area contributed by atoms with E-state index in [9.17, 15) is 0 Å². The third kappa shape index (κ3) is 4.46. The van der Waals surface area contributed by atoms with Crippen LogP contribution >= 0.6 is 0 Å². The van der Waals surface area contributed by atoms with Gasteiger partial charge in [0.1, 0.15) is 0 Å². The van der Waals surface area contributed by atoms with Crippen molar-refractivity contribution < 1.29 is 0 Å². The maximum Gasteiger partial charge on any atom is 0.0151 e. The fourth-order valence-electron chi connectivity index (χ4n) is 0.744. The average Bonchev–Trinajstić information content (AvgIpc) is 1.84. The Kier molecular flexibility index (Phi) is 3.87. The Morgan fingerprint density at radius 1 is 1.33 bits per heavy atom. The molecule has 9 heavy (non-hydrogen) atoms. The first-order chi connectivity index (χ1) is 4.12. The van der Waals surface area contributed by atoms with Gasteiger partial charge >= 0.3 is 0 Å². The van der Waals surface area contributed by atoms with Gasteiger partial charge in [-0.15, -0.1) is 0 Å². The summed E-state index contributed by atoms with van der Waals surface area (Å²) in [5.41, 5.74) is 7.44. The van der Waals surface area contributed by atoms with E-state index in [0.717, 1.165) is 0 Å². The first-order valence-corrected chi connectivity index (χ1v) is 3.77. The monoisotopic (exact) mass is 128 g/mol. The molecule has 0 aliphatic carbocycles. The third-order valence-electron chi connectivity index (χ3n) is 1.69. The molecule has 0 bridgehead atoms. The summed E-state index contributed by atoms with van der Waals surface area (Å²) in [4.78, 5) is 0. The lowest BCUT2D eigenvalue weighted by atomic mass is 9.88. The van der Waals surface area contributed by atoms with Crippen LogP contribution in [0.3, 0.4) is 0 Å². The molecular formula is C8H18N. The van der Waals surface area contributed by atoms with Crippen LogP contribution in [-0.4, -0.2) is 6.54 Å². The first kappa shape index (κ1) is 8.96. The molecule has 0 saturated heterocycles. The van der Waals surface area contributed by atoms with Gasteiger partial charge in [-0.05, 0) is 11.8 Å². The molecule has 55 valence electrons. The molecular weight excluding hydrogens is 110 g/mol. The maximum atomic E-state index is 7.18. The van der Waals surface area contributed by atoms with Crippen molar-refractivity contribution in [3.05, 3.63) is 0 Å². The van der Waals surface area contributed by atoms with E-state index < -0.39 is 0 Å². The molecule has 0 aromatic heterocycles. The van der Waals surface area contributed by atoms with Crippen molar-refractivity contribution in [2.75, 3.05) is 6.54 Å². The second-order valence-corrected chi connectivity index (χ2v) is 3.44. The molecule has 1 N–H and O–H groups in total. The lowest BCUT2D eigenvalue weighted by Crippen LogP contribution is -2.17. The topological polar surface area (TPSA) is 23.8 Å². The Morgan fingerprint density at radius 2 is 1.89 bits per heavy atom. The molecule has 0 aromatic rings. The first-order valence-electron chi connectivity index (χ1n) is 3.77. The van der Waals surface area contributed by atoms with Crippen molar-refractivity contribution in [2.45, 2.75) is 40.0 Å². The van der Waals surface area contributed by atoms with Gasteiger partial charge in [0, 0.05) is 6.54 Å². The third-order valence-corrected chi connectivity index (χ3v) is 1.69. The van der Waals surface area contributed by atoms with Crippen molar-refractivity contribution in [3.63, 3.8) is 0 Å². The molecule has 0 spiro atoms. The Balaban J connectivity index is 3.33. The van der Waals surface area contributed by atoms with Crippen molar-refractivity contribution in [2.24, 2.45) is 5.41 Å².